The molecule has 4 heteroatoms. The number of nitrogens with zero attached hydrogens (tertiary/aromatic N) is 1. The van der Waals surface area contributed by atoms with Crippen LogP contribution >= 0.6 is 0 Å². The second-order valence-corrected chi connectivity index (χ2v) is 4.61. The number of Topliss-reactive ketones (excluding diaryl/α,β-unsaturated/α-hetero) is 1. The van der Waals surface area contributed by atoms with Crippen LogP contribution in [0, 0.1) is 0 Å². The standard InChI is InChI=1S/C16H11NO3/c18-15(16(19)20)11-5-6-14-13(8-11)7-10-3-1-2-4-12(10)9-17-14/h1-7,9H,8H2,(H,19,20). The number of hydrogen-bond donors (Lipinski definition) is 1. The molecule has 1 aromatic carbocycles. The van der Waals surface area contributed by atoms with Gasteiger partial charge in [0.1, 0.15) is 0 Å². The van der Waals surface area contributed by atoms with E-state index < -0.39 is 11.8 Å². The molecule has 1 N–H and O–H groups in total. The molecule has 1 aromatic rings. The van der Waals surface area contributed by atoms with Gasteiger partial charge in [-0.1, -0.05) is 30.3 Å². The Morgan fingerprint density at radius 2 is 1.85 bits per heavy atom. The molecule has 1 aliphatic heterocycles. The van der Waals surface area contributed by atoms with Crippen LogP contribution in [0.2, 0.25) is 0 Å². The van der Waals surface area contributed by atoms with E-state index in [1.165, 1.54) is 6.08 Å². The molecule has 0 spiro atoms. The molecule has 0 radical (unpaired) electrons. The van der Waals surface area contributed by atoms with E-state index in [0.717, 1.165) is 22.4 Å². The lowest BCUT2D eigenvalue weighted by molar-refractivity contribution is -0.147. The first-order valence-electron chi connectivity index (χ1n) is 6.17. The van der Waals surface area contributed by atoms with E-state index in [4.69, 9.17) is 5.11 Å². The zero-order chi connectivity index (χ0) is 14.1. The van der Waals surface area contributed by atoms with Gasteiger partial charge in [-0.15, -0.1) is 0 Å². The summed E-state index contributed by atoms with van der Waals surface area (Å²) in [5, 5.41) is 8.78. The summed E-state index contributed by atoms with van der Waals surface area (Å²) in [6.07, 6.45) is 7.26. The molecule has 3 rings (SSSR count). The predicted molar refractivity (Wildman–Crippen MR) is 75.4 cm³/mol. The van der Waals surface area contributed by atoms with Gasteiger partial charge < -0.3 is 5.11 Å². The molecule has 4 nitrogen and oxygen atoms in total. The number of ketones is 1. The molecule has 2 aliphatic rings. The van der Waals surface area contributed by atoms with Crippen molar-refractivity contribution in [1.29, 1.82) is 0 Å². The molecule has 1 heterocycles. The van der Waals surface area contributed by atoms with E-state index in [2.05, 4.69) is 4.99 Å². The molecule has 0 saturated heterocycles. The normalized spacial score (nSPS) is 16.1. The van der Waals surface area contributed by atoms with Crippen LogP contribution in [0.15, 0.2) is 58.3 Å². The van der Waals surface area contributed by atoms with Gasteiger partial charge in [-0.25, -0.2) is 4.79 Å². The third kappa shape index (κ3) is 2.12. The van der Waals surface area contributed by atoms with Gasteiger partial charge in [-0.3, -0.25) is 9.79 Å². The second kappa shape index (κ2) is 4.74. The molecule has 0 bridgehead atoms. The van der Waals surface area contributed by atoms with Crippen LogP contribution in [0.5, 0.6) is 0 Å². The Hall–Kier alpha value is -2.75. The maximum atomic E-state index is 11.5. The fourth-order valence-corrected chi connectivity index (χ4v) is 2.27. The van der Waals surface area contributed by atoms with E-state index in [0.29, 0.717) is 6.42 Å². The Bertz CT molecular complexity index is 736. The summed E-state index contributed by atoms with van der Waals surface area (Å²) < 4.78 is 0. The number of carboxylic acids is 1. The van der Waals surface area contributed by atoms with E-state index in [1.54, 1.807) is 12.3 Å². The average Bonchev–Trinajstić information content (AvgIpc) is 2.64. The van der Waals surface area contributed by atoms with Crippen LogP contribution in [-0.2, 0) is 9.59 Å². The van der Waals surface area contributed by atoms with E-state index >= 15 is 0 Å². The summed E-state index contributed by atoms with van der Waals surface area (Å²) in [6, 6.07) is 7.80. The lowest BCUT2D eigenvalue weighted by Crippen LogP contribution is -2.16. The predicted octanol–water partition coefficient (Wildman–Crippen LogP) is 2.37. The second-order valence-electron chi connectivity index (χ2n) is 4.61. The number of carbonyl (C=O) groups is 2. The summed E-state index contributed by atoms with van der Waals surface area (Å²) in [5.41, 5.74) is 3.92. The van der Waals surface area contributed by atoms with Crippen molar-refractivity contribution < 1.29 is 14.7 Å². The number of rotatable bonds is 2. The molecule has 0 amide bonds. The highest BCUT2D eigenvalue weighted by Crippen LogP contribution is 2.30. The molecule has 98 valence electrons. The van der Waals surface area contributed by atoms with Crippen molar-refractivity contribution in [1.82, 2.24) is 0 Å². The van der Waals surface area contributed by atoms with E-state index in [-0.39, 0.29) is 5.57 Å². The number of carbonyl (C=O) groups excluding carboxylic acids is 1. The first kappa shape index (κ1) is 12.3. The SMILES string of the molecule is O=C(O)C(=O)C1=CC=C2N=Cc3ccccc3C=C2C1. The maximum Gasteiger partial charge on any atom is 0.376 e. The van der Waals surface area contributed by atoms with Crippen molar-refractivity contribution in [2.75, 3.05) is 0 Å². The smallest absolute Gasteiger partial charge is 0.376 e. The number of allylic oxidation sites excluding steroid dienone is 3. The van der Waals surface area contributed by atoms with Crippen molar-refractivity contribution in [2.24, 2.45) is 4.99 Å². The summed E-state index contributed by atoms with van der Waals surface area (Å²) in [5.74, 6) is -2.28. The molecule has 1 aliphatic carbocycles. The van der Waals surface area contributed by atoms with Crippen molar-refractivity contribution in [3.63, 3.8) is 0 Å². The number of benzene rings is 1. The third-order valence-corrected chi connectivity index (χ3v) is 3.31. The Kier molecular flexibility index (Phi) is 2.91. The van der Waals surface area contributed by atoms with Crippen LogP contribution in [-0.4, -0.2) is 23.1 Å². The van der Waals surface area contributed by atoms with Crippen molar-refractivity contribution >= 4 is 24.0 Å². The van der Waals surface area contributed by atoms with Crippen molar-refractivity contribution in [3.05, 3.63) is 64.4 Å². The highest BCUT2D eigenvalue weighted by molar-refractivity contribution is 6.39. The van der Waals surface area contributed by atoms with Gasteiger partial charge in [0, 0.05) is 18.2 Å². The van der Waals surface area contributed by atoms with E-state index in [9.17, 15) is 9.59 Å². The lowest BCUT2D eigenvalue weighted by atomic mass is 9.93. The number of aliphatic carboxylic acids is 1. The largest absolute Gasteiger partial charge is 0.475 e. The van der Waals surface area contributed by atoms with Crippen molar-refractivity contribution in [2.45, 2.75) is 6.42 Å². The zero-order valence-corrected chi connectivity index (χ0v) is 10.5. The number of aliphatic imine (C=N–C) groups is 1. The van der Waals surface area contributed by atoms with Gasteiger partial charge in [0.25, 0.3) is 5.78 Å². The fourth-order valence-electron chi connectivity index (χ4n) is 2.27. The molecular weight excluding hydrogens is 254 g/mol. The van der Waals surface area contributed by atoms with E-state index in [1.807, 2.05) is 30.3 Å². The topological polar surface area (TPSA) is 66.7 Å². The summed E-state index contributed by atoms with van der Waals surface area (Å²) >= 11 is 0. The highest BCUT2D eigenvalue weighted by atomic mass is 16.4. The van der Waals surface area contributed by atoms with Gasteiger partial charge >= 0.3 is 5.97 Å². The molecule has 0 aromatic heterocycles. The number of fused-ring (bicyclic) bond motifs is 2. The molecule has 0 saturated carbocycles. The van der Waals surface area contributed by atoms with Crippen LogP contribution in [0.25, 0.3) is 6.08 Å². The average molecular weight is 265 g/mol. The van der Waals surface area contributed by atoms with Gasteiger partial charge in [0.2, 0.25) is 0 Å². The maximum absolute atomic E-state index is 11.5. The van der Waals surface area contributed by atoms with Crippen molar-refractivity contribution in [3.8, 4) is 0 Å². The number of hydrogen-bond acceptors (Lipinski definition) is 3. The van der Waals surface area contributed by atoms with Gasteiger partial charge in [0.05, 0.1) is 5.70 Å². The quantitative estimate of drug-likeness (QED) is 0.835. The minimum atomic E-state index is -1.42. The lowest BCUT2D eigenvalue weighted by Gasteiger charge is -2.12. The Labute approximate surface area is 115 Å². The minimum absolute atomic E-state index is 0.280. The summed E-state index contributed by atoms with van der Waals surface area (Å²) in [4.78, 5) is 26.7. The molecule has 20 heavy (non-hydrogen) atoms. The van der Waals surface area contributed by atoms with Crippen LogP contribution in [0.3, 0.4) is 0 Å². The Morgan fingerprint density at radius 1 is 1.10 bits per heavy atom. The number of carboxylic acid groups (broad SMARTS) is 1. The third-order valence-electron chi connectivity index (χ3n) is 3.31. The highest BCUT2D eigenvalue weighted by Gasteiger charge is 2.23. The first-order valence-corrected chi connectivity index (χ1v) is 6.17. The summed E-state index contributed by atoms with van der Waals surface area (Å²) in [6.45, 7) is 0. The monoisotopic (exact) mass is 265 g/mol. The van der Waals surface area contributed by atoms with Crippen LogP contribution in [0.4, 0.5) is 0 Å². The zero-order valence-electron chi connectivity index (χ0n) is 10.5. The molecule has 0 fully saturated rings. The Morgan fingerprint density at radius 3 is 2.60 bits per heavy atom. The minimum Gasteiger partial charge on any atom is -0.475 e. The molecular formula is C16H11NO3. The fraction of sp³-hybridized carbons (Fsp3) is 0.0625. The van der Waals surface area contributed by atoms with Crippen LogP contribution in [0.1, 0.15) is 17.5 Å². The van der Waals surface area contributed by atoms with Gasteiger partial charge in [0.15, 0.2) is 0 Å². The first-order chi connectivity index (χ1) is 9.65. The molecule has 0 unspecified atom stereocenters. The van der Waals surface area contributed by atoms with Gasteiger partial charge in [-0.2, -0.15) is 0 Å². The Balaban J connectivity index is 2.03. The molecule has 0 atom stereocenters. The van der Waals surface area contributed by atoms with Crippen LogP contribution < -0.4 is 0 Å². The van der Waals surface area contributed by atoms with Gasteiger partial charge in [-0.05, 0) is 28.9 Å². The summed E-state index contributed by atoms with van der Waals surface area (Å²) in [7, 11) is 0.